The van der Waals surface area contributed by atoms with Gasteiger partial charge in [-0.15, -0.1) is 0 Å². The molecule has 2 heterocycles. The zero-order valence-electron chi connectivity index (χ0n) is 15.4. The van der Waals surface area contributed by atoms with E-state index >= 15 is 0 Å². The first-order valence-electron chi connectivity index (χ1n) is 8.87. The van der Waals surface area contributed by atoms with E-state index in [9.17, 15) is 14.4 Å². The van der Waals surface area contributed by atoms with Crippen molar-refractivity contribution in [3.8, 4) is 0 Å². The highest BCUT2D eigenvalue weighted by atomic mass is 16.3. The summed E-state index contributed by atoms with van der Waals surface area (Å²) in [5, 5.41) is 3.17. The molecular weight excluding hydrogens is 360 g/mol. The number of fused-ring (bicyclic) bond motifs is 2. The maximum Gasteiger partial charge on any atom is 0.331 e. The molecule has 4 aromatic rings. The van der Waals surface area contributed by atoms with Crippen molar-refractivity contribution in [2.24, 2.45) is 0 Å². The van der Waals surface area contributed by atoms with E-state index in [0.29, 0.717) is 33.6 Å². The van der Waals surface area contributed by atoms with E-state index in [1.54, 1.807) is 56.3 Å². The van der Waals surface area contributed by atoms with Crippen molar-refractivity contribution in [2.75, 3.05) is 5.32 Å². The van der Waals surface area contributed by atoms with E-state index in [1.807, 2.05) is 0 Å². The Bertz CT molecular complexity index is 1330. The van der Waals surface area contributed by atoms with Crippen molar-refractivity contribution in [3.05, 3.63) is 69.2 Å². The van der Waals surface area contributed by atoms with Gasteiger partial charge >= 0.3 is 5.69 Å². The van der Waals surface area contributed by atoms with Crippen LogP contribution in [0.15, 0.2) is 56.5 Å². The Balaban J connectivity index is 1.69. The summed E-state index contributed by atoms with van der Waals surface area (Å²) in [7, 11) is 0. The van der Waals surface area contributed by atoms with E-state index in [0.717, 1.165) is 4.57 Å². The average molecular weight is 378 g/mol. The molecule has 0 aliphatic heterocycles. The van der Waals surface area contributed by atoms with Crippen LogP contribution in [0.5, 0.6) is 0 Å². The quantitative estimate of drug-likeness (QED) is 0.587. The summed E-state index contributed by atoms with van der Waals surface area (Å²) < 4.78 is 7.86. The topological polar surface area (TPSA) is 99.1 Å². The Morgan fingerprint density at radius 3 is 2.71 bits per heavy atom. The first kappa shape index (κ1) is 17.7. The molecule has 0 aliphatic carbocycles. The molecule has 1 N–H and O–H groups in total. The number of oxazole rings is 1. The second kappa shape index (κ2) is 6.80. The molecule has 1 amide bonds. The Kier molecular flexibility index (Phi) is 4.31. The average Bonchev–Trinajstić information content (AvgIpc) is 3.05. The monoisotopic (exact) mass is 378 g/mol. The second-order valence-corrected chi connectivity index (χ2v) is 6.40. The van der Waals surface area contributed by atoms with E-state index < -0.39 is 5.69 Å². The molecule has 8 heteroatoms. The lowest BCUT2D eigenvalue weighted by Crippen LogP contribution is -2.41. The summed E-state index contributed by atoms with van der Waals surface area (Å²) in [6.45, 7) is 3.48. The molecule has 28 heavy (non-hydrogen) atoms. The number of para-hydroxylation sites is 1. The molecule has 0 saturated heterocycles. The lowest BCUT2D eigenvalue weighted by atomic mass is 10.2. The molecule has 2 aromatic carbocycles. The van der Waals surface area contributed by atoms with Gasteiger partial charge in [0.1, 0.15) is 12.1 Å². The highest BCUT2D eigenvalue weighted by Gasteiger charge is 2.15. The smallest absolute Gasteiger partial charge is 0.331 e. The molecule has 4 rings (SSSR count). The molecule has 2 aromatic heterocycles. The number of hydrogen-bond donors (Lipinski definition) is 1. The predicted molar refractivity (Wildman–Crippen MR) is 106 cm³/mol. The minimum atomic E-state index is -0.510. The fourth-order valence-electron chi connectivity index (χ4n) is 3.27. The lowest BCUT2D eigenvalue weighted by Gasteiger charge is -2.13. The molecule has 142 valence electrons. The number of aromatic nitrogens is 3. The second-order valence-electron chi connectivity index (χ2n) is 6.40. The lowest BCUT2D eigenvalue weighted by molar-refractivity contribution is -0.116. The maximum atomic E-state index is 12.7. The summed E-state index contributed by atoms with van der Waals surface area (Å²) in [5.74, 6) is 0.159. The van der Waals surface area contributed by atoms with Crippen molar-refractivity contribution in [3.63, 3.8) is 0 Å². The Morgan fingerprint density at radius 2 is 1.93 bits per heavy atom. The number of nitrogens with zero attached hydrogens (tertiary/aromatic N) is 3. The number of nitrogens with one attached hydrogen (secondary N) is 1. The summed E-state index contributed by atoms with van der Waals surface area (Å²) in [5.41, 5.74) is 1.38. The van der Waals surface area contributed by atoms with Crippen LogP contribution in [0.1, 0.15) is 12.8 Å². The normalized spacial score (nSPS) is 11.2. The molecule has 0 radical (unpaired) electrons. The number of carbonyl (C=O) groups excluding carboxylic acids is 1. The zero-order chi connectivity index (χ0) is 19.8. The van der Waals surface area contributed by atoms with E-state index in [-0.39, 0.29) is 24.6 Å². The van der Waals surface area contributed by atoms with Crippen molar-refractivity contribution in [1.82, 2.24) is 14.1 Å². The minimum absolute atomic E-state index is 0.213. The number of aryl methyl sites for hydroxylation is 1. The maximum absolute atomic E-state index is 12.7. The highest BCUT2D eigenvalue weighted by Crippen LogP contribution is 2.19. The summed E-state index contributed by atoms with van der Waals surface area (Å²) in [6, 6.07) is 11.9. The van der Waals surface area contributed by atoms with E-state index in [2.05, 4.69) is 10.3 Å². The van der Waals surface area contributed by atoms with Crippen LogP contribution < -0.4 is 16.6 Å². The fraction of sp³-hybridized carbons (Fsp3) is 0.200. The molecule has 0 fully saturated rings. The molecule has 0 unspecified atom stereocenters. The van der Waals surface area contributed by atoms with Crippen molar-refractivity contribution < 1.29 is 9.21 Å². The Labute approximate surface area is 159 Å². The van der Waals surface area contributed by atoms with Crippen LogP contribution in [0.2, 0.25) is 0 Å². The molecule has 0 atom stereocenters. The number of carbonyl (C=O) groups is 1. The summed E-state index contributed by atoms with van der Waals surface area (Å²) in [6.07, 6.45) is 0. The van der Waals surface area contributed by atoms with Gasteiger partial charge < -0.3 is 9.73 Å². The third-order valence-corrected chi connectivity index (χ3v) is 4.53. The predicted octanol–water partition coefficient (Wildman–Crippen LogP) is 2.27. The van der Waals surface area contributed by atoms with Gasteiger partial charge in [-0.1, -0.05) is 12.1 Å². The van der Waals surface area contributed by atoms with Gasteiger partial charge in [-0.2, -0.15) is 0 Å². The van der Waals surface area contributed by atoms with Crippen molar-refractivity contribution in [1.29, 1.82) is 0 Å². The number of anilines is 1. The third-order valence-electron chi connectivity index (χ3n) is 4.53. The molecule has 0 bridgehead atoms. The number of benzene rings is 2. The molecule has 0 spiro atoms. The van der Waals surface area contributed by atoms with Crippen LogP contribution in [-0.2, 0) is 17.9 Å². The van der Waals surface area contributed by atoms with Crippen molar-refractivity contribution in [2.45, 2.75) is 26.9 Å². The van der Waals surface area contributed by atoms with E-state index in [4.69, 9.17) is 4.42 Å². The number of hydrogen-bond acceptors (Lipinski definition) is 5. The van der Waals surface area contributed by atoms with Gasteiger partial charge in [-0.25, -0.2) is 9.78 Å². The third kappa shape index (κ3) is 2.98. The van der Waals surface area contributed by atoms with Crippen LogP contribution >= 0.6 is 0 Å². The first-order valence-corrected chi connectivity index (χ1v) is 8.87. The standard InChI is InChI=1S/C20H18N4O4/c1-3-23-19(26)14-6-4-5-7-16(14)24(20(23)27)11-18(25)22-13-8-9-17-15(10-13)21-12(2)28-17/h4-10H,3,11H2,1-2H3,(H,22,25). The minimum Gasteiger partial charge on any atom is -0.441 e. The van der Waals surface area contributed by atoms with Crippen LogP contribution in [0.4, 0.5) is 5.69 Å². The van der Waals surface area contributed by atoms with Crippen LogP contribution in [0.3, 0.4) is 0 Å². The van der Waals surface area contributed by atoms with Crippen LogP contribution in [-0.4, -0.2) is 20.0 Å². The largest absolute Gasteiger partial charge is 0.441 e. The van der Waals surface area contributed by atoms with Gasteiger partial charge in [0.2, 0.25) is 5.91 Å². The molecular formula is C20H18N4O4. The fourth-order valence-corrected chi connectivity index (χ4v) is 3.27. The molecule has 0 saturated carbocycles. The number of amides is 1. The zero-order valence-corrected chi connectivity index (χ0v) is 15.4. The van der Waals surface area contributed by atoms with Gasteiger partial charge in [0.05, 0.1) is 10.9 Å². The van der Waals surface area contributed by atoms with Gasteiger partial charge in [-0.05, 0) is 37.3 Å². The Hall–Kier alpha value is -3.68. The van der Waals surface area contributed by atoms with Crippen LogP contribution in [0, 0.1) is 6.92 Å². The van der Waals surface area contributed by atoms with Gasteiger partial charge in [0.25, 0.3) is 5.56 Å². The molecule has 8 nitrogen and oxygen atoms in total. The Morgan fingerprint density at radius 1 is 1.14 bits per heavy atom. The highest BCUT2D eigenvalue weighted by molar-refractivity contribution is 5.93. The van der Waals surface area contributed by atoms with Gasteiger partial charge in [0, 0.05) is 19.2 Å². The van der Waals surface area contributed by atoms with Gasteiger partial charge in [-0.3, -0.25) is 18.7 Å². The molecule has 0 aliphatic rings. The SMILES string of the molecule is CCn1c(=O)c2ccccc2n(CC(=O)Nc2ccc3oc(C)nc3c2)c1=O. The van der Waals surface area contributed by atoms with Crippen molar-refractivity contribution >= 4 is 33.6 Å². The summed E-state index contributed by atoms with van der Waals surface area (Å²) >= 11 is 0. The summed E-state index contributed by atoms with van der Waals surface area (Å²) in [4.78, 5) is 42.0. The van der Waals surface area contributed by atoms with Gasteiger partial charge in [0.15, 0.2) is 11.5 Å². The van der Waals surface area contributed by atoms with E-state index in [1.165, 1.54) is 4.57 Å². The first-order chi connectivity index (χ1) is 13.5. The number of rotatable bonds is 4. The van der Waals surface area contributed by atoms with Crippen LogP contribution in [0.25, 0.3) is 22.0 Å².